The number of nitrogens with one attached hydrogen (secondary N) is 3. The Balaban J connectivity index is 2.05. The van der Waals surface area contributed by atoms with Crippen LogP contribution in [0.3, 0.4) is 0 Å². The van der Waals surface area contributed by atoms with E-state index in [1.54, 1.807) is 24.3 Å². The zero-order chi connectivity index (χ0) is 19.9. The SMILES string of the molecule is C=CCNC(=O)c1ccccc1NCC(=O)Nc1ccccc1C(C)(C)C. The summed E-state index contributed by atoms with van der Waals surface area (Å²) in [4.78, 5) is 24.6. The van der Waals surface area contributed by atoms with Crippen LogP contribution in [0.4, 0.5) is 11.4 Å². The Labute approximate surface area is 160 Å². The van der Waals surface area contributed by atoms with Crippen LogP contribution in [-0.4, -0.2) is 24.9 Å². The third-order valence-electron chi connectivity index (χ3n) is 4.03. The molecule has 0 atom stereocenters. The highest BCUT2D eigenvalue weighted by Crippen LogP contribution is 2.29. The molecule has 5 heteroatoms. The first kappa shape index (κ1) is 20.2. The average Bonchev–Trinajstić information content (AvgIpc) is 2.64. The molecule has 0 saturated carbocycles. The smallest absolute Gasteiger partial charge is 0.253 e. The molecule has 27 heavy (non-hydrogen) atoms. The van der Waals surface area contributed by atoms with E-state index in [4.69, 9.17) is 0 Å². The fraction of sp³-hybridized carbons (Fsp3) is 0.273. The van der Waals surface area contributed by atoms with Gasteiger partial charge in [-0.3, -0.25) is 9.59 Å². The topological polar surface area (TPSA) is 70.2 Å². The lowest BCUT2D eigenvalue weighted by Crippen LogP contribution is -2.27. The Hall–Kier alpha value is -3.08. The number of para-hydroxylation sites is 2. The maximum absolute atomic E-state index is 12.4. The van der Waals surface area contributed by atoms with E-state index in [0.717, 1.165) is 11.3 Å². The van der Waals surface area contributed by atoms with Gasteiger partial charge < -0.3 is 16.0 Å². The highest BCUT2D eigenvalue weighted by atomic mass is 16.2. The van der Waals surface area contributed by atoms with E-state index in [2.05, 4.69) is 43.3 Å². The minimum Gasteiger partial charge on any atom is -0.376 e. The van der Waals surface area contributed by atoms with E-state index in [0.29, 0.717) is 17.8 Å². The molecule has 0 aliphatic rings. The lowest BCUT2D eigenvalue weighted by molar-refractivity contribution is -0.114. The molecule has 0 fully saturated rings. The molecule has 2 aromatic rings. The van der Waals surface area contributed by atoms with Crippen molar-refractivity contribution in [2.75, 3.05) is 23.7 Å². The van der Waals surface area contributed by atoms with E-state index in [-0.39, 0.29) is 23.8 Å². The van der Waals surface area contributed by atoms with E-state index < -0.39 is 0 Å². The van der Waals surface area contributed by atoms with Crippen LogP contribution in [0.1, 0.15) is 36.7 Å². The first-order chi connectivity index (χ1) is 12.8. The molecule has 142 valence electrons. The number of hydrogen-bond donors (Lipinski definition) is 3. The number of anilines is 2. The predicted molar refractivity (Wildman–Crippen MR) is 111 cm³/mol. The molecule has 0 spiro atoms. The molecule has 0 aliphatic heterocycles. The van der Waals surface area contributed by atoms with Crippen LogP contribution >= 0.6 is 0 Å². The van der Waals surface area contributed by atoms with E-state index >= 15 is 0 Å². The van der Waals surface area contributed by atoms with Gasteiger partial charge in [0.05, 0.1) is 12.1 Å². The van der Waals surface area contributed by atoms with Crippen molar-refractivity contribution in [3.05, 3.63) is 72.3 Å². The zero-order valence-electron chi connectivity index (χ0n) is 16.1. The minimum atomic E-state index is -0.212. The molecule has 2 rings (SSSR count). The summed E-state index contributed by atoms with van der Waals surface area (Å²) in [5.74, 6) is -0.385. The molecule has 0 aromatic heterocycles. The highest BCUT2D eigenvalue weighted by Gasteiger charge is 2.18. The van der Waals surface area contributed by atoms with Crippen LogP contribution in [0.15, 0.2) is 61.2 Å². The molecule has 5 nitrogen and oxygen atoms in total. The largest absolute Gasteiger partial charge is 0.376 e. The van der Waals surface area contributed by atoms with E-state index in [1.807, 2.05) is 30.3 Å². The van der Waals surface area contributed by atoms with E-state index in [1.165, 1.54) is 0 Å². The number of carbonyl (C=O) groups excluding carboxylic acids is 2. The lowest BCUT2D eigenvalue weighted by Gasteiger charge is -2.23. The van der Waals surface area contributed by atoms with Crippen molar-refractivity contribution in [1.82, 2.24) is 5.32 Å². The molecular formula is C22H27N3O2. The number of amides is 2. The third-order valence-corrected chi connectivity index (χ3v) is 4.03. The Bertz CT molecular complexity index is 822. The molecule has 0 unspecified atom stereocenters. The molecule has 0 heterocycles. The maximum atomic E-state index is 12.4. The van der Waals surface area contributed by atoms with Gasteiger partial charge in [-0.2, -0.15) is 0 Å². The standard InChI is InChI=1S/C22H27N3O2/c1-5-14-23-21(27)16-10-6-8-12-18(16)24-15-20(26)25-19-13-9-7-11-17(19)22(2,3)4/h5-13,24H,1,14-15H2,2-4H3,(H,23,27)(H,25,26). The molecular weight excluding hydrogens is 338 g/mol. The molecule has 0 bridgehead atoms. The molecule has 0 aliphatic carbocycles. The summed E-state index contributed by atoms with van der Waals surface area (Å²) in [6.07, 6.45) is 1.62. The summed E-state index contributed by atoms with van der Waals surface area (Å²) < 4.78 is 0. The van der Waals surface area contributed by atoms with Gasteiger partial charge in [-0.25, -0.2) is 0 Å². The van der Waals surface area contributed by atoms with Crippen LogP contribution in [0, 0.1) is 0 Å². The van der Waals surface area contributed by atoms with Gasteiger partial charge in [-0.05, 0) is 29.2 Å². The van der Waals surface area contributed by atoms with Gasteiger partial charge in [0.1, 0.15) is 0 Å². The summed E-state index contributed by atoms with van der Waals surface area (Å²) in [5.41, 5.74) is 2.89. The van der Waals surface area contributed by atoms with Crippen LogP contribution in [0.5, 0.6) is 0 Å². The molecule has 2 aromatic carbocycles. The fourth-order valence-electron chi connectivity index (χ4n) is 2.71. The second-order valence-corrected chi connectivity index (χ2v) is 7.24. The summed E-state index contributed by atoms with van der Waals surface area (Å²) in [6, 6.07) is 14.9. The fourth-order valence-corrected chi connectivity index (χ4v) is 2.71. The predicted octanol–water partition coefficient (Wildman–Crippen LogP) is 3.95. The molecule has 0 radical (unpaired) electrons. The third kappa shape index (κ3) is 5.71. The van der Waals surface area contributed by atoms with Crippen LogP contribution in [0.25, 0.3) is 0 Å². The second-order valence-electron chi connectivity index (χ2n) is 7.24. The van der Waals surface area contributed by atoms with Crippen molar-refractivity contribution < 1.29 is 9.59 Å². The van der Waals surface area contributed by atoms with Gasteiger partial charge in [-0.15, -0.1) is 6.58 Å². The van der Waals surface area contributed by atoms with Gasteiger partial charge in [0.15, 0.2) is 0 Å². The van der Waals surface area contributed by atoms with Crippen molar-refractivity contribution in [2.24, 2.45) is 0 Å². The van der Waals surface area contributed by atoms with Crippen molar-refractivity contribution in [1.29, 1.82) is 0 Å². The first-order valence-electron chi connectivity index (χ1n) is 8.94. The average molecular weight is 365 g/mol. The zero-order valence-corrected chi connectivity index (χ0v) is 16.1. The molecule has 0 saturated heterocycles. The Kier molecular flexibility index (Phi) is 6.77. The number of hydrogen-bond acceptors (Lipinski definition) is 3. The number of rotatable bonds is 7. The Morgan fingerprint density at radius 2 is 1.63 bits per heavy atom. The van der Waals surface area contributed by atoms with Crippen molar-refractivity contribution in [3.8, 4) is 0 Å². The quantitative estimate of drug-likeness (QED) is 0.651. The highest BCUT2D eigenvalue weighted by molar-refractivity contribution is 6.01. The summed E-state index contributed by atoms with van der Waals surface area (Å²) in [5, 5.41) is 8.75. The van der Waals surface area contributed by atoms with Gasteiger partial charge in [0.25, 0.3) is 5.91 Å². The van der Waals surface area contributed by atoms with Gasteiger partial charge in [-0.1, -0.05) is 57.2 Å². The Morgan fingerprint density at radius 3 is 2.30 bits per heavy atom. The van der Waals surface area contributed by atoms with Gasteiger partial charge >= 0.3 is 0 Å². The van der Waals surface area contributed by atoms with Crippen LogP contribution in [-0.2, 0) is 10.2 Å². The maximum Gasteiger partial charge on any atom is 0.253 e. The number of carbonyl (C=O) groups is 2. The molecule has 2 amide bonds. The van der Waals surface area contributed by atoms with Crippen molar-refractivity contribution in [2.45, 2.75) is 26.2 Å². The molecule has 3 N–H and O–H groups in total. The van der Waals surface area contributed by atoms with Crippen LogP contribution < -0.4 is 16.0 Å². The lowest BCUT2D eigenvalue weighted by atomic mass is 9.86. The van der Waals surface area contributed by atoms with Gasteiger partial charge in [0.2, 0.25) is 5.91 Å². The van der Waals surface area contributed by atoms with E-state index in [9.17, 15) is 9.59 Å². The summed E-state index contributed by atoms with van der Waals surface area (Å²) >= 11 is 0. The second kappa shape index (κ2) is 9.03. The first-order valence-corrected chi connectivity index (χ1v) is 8.94. The van der Waals surface area contributed by atoms with Crippen molar-refractivity contribution >= 4 is 23.2 Å². The monoisotopic (exact) mass is 365 g/mol. The Morgan fingerprint density at radius 1 is 1.00 bits per heavy atom. The summed E-state index contributed by atoms with van der Waals surface area (Å²) in [6.45, 7) is 10.4. The van der Waals surface area contributed by atoms with Crippen LogP contribution in [0.2, 0.25) is 0 Å². The number of benzene rings is 2. The minimum absolute atomic E-state index is 0.0598. The van der Waals surface area contributed by atoms with Crippen molar-refractivity contribution in [3.63, 3.8) is 0 Å². The normalized spacial score (nSPS) is 10.8. The van der Waals surface area contributed by atoms with Gasteiger partial charge in [0, 0.05) is 17.9 Å². The summed E-state index contributed by atoms with van der Waals surface area (Å²) in [7, 11) is 0.